The summed E-state index contributed by atoms with van der Waals surface area (Å²) in [6.07, 6.45) is 15.9. The number of aryl methyl sites for hydroxylation is 2. The van der Waals surface area contributed by atoms with Crippen LogP contribution in [-0.2, 0) is 4.74 Å². The third-order valence-corrected chi connectivity index (χ3v) is 9.23. The number of rotatable bonds is 13. The van der Waals surface area contributed by atoms with Crippen LogP contribution in [0.5, 0.6) is 0 Å². The van der Waals surface area contributed by atoms with Crippen LogP contribution < -0.4 is 11.1 Å². The van der Waals surface area contributed by atoms with Gasteiger partial charge in [0.15, 0.2) is 0 Å². The Morgan fingerprint density at radius 2 is 1.94 bits per heavy atom. The summed E-state index contributed by atoms with van der Waals surface area (Å²) < 4.78 is 6.63. The quantitative estimate of drug-likeness (QED) is 0.114. The van der Waals surface area contributed by atoms with Gasteiger partial charge in [0.2, 0.25) is 5.90 Å². The zero-order valence-corrected chi connectivity index (χ0v) is 31.5. The van der Waals surface area contributed by atoms with Gasteiger partial charge in [-0.15, -0.1) is 0 Å². The molecule has 4 unspecified atom stereocenters. The number of allylic oxidation sites excluding steroid dienone is 6. The first-order valence-electron chi connectivity index (χ1n) is 17.9. The highest BCUT2D eigenvalue weighted by Gasteiger charge is 2.35. The van der Waals surface area contributed by atoms with Crippen molar-refractivity contribution < 1.29 is 9.84 Å². The van der Waals surface area contributed by atoms with Gasteiger partial charge in [0, 0.05) is 42.8 Å². The summed E-state index contributed by atoms with van der Waals surface area (Å²) in [4.78, 5) is 14.1. The number of nitrogens with one attached hydrogen (secondary N) is 1. The van der Waals surface area contributed by atoms with Crippen molar-refractivity contribution in [2.45, 2.75) is 113 Å². The van der Waals surface area contributed by atoms with Crippen molar-refractivity contribution in [2.24, 2.45) is 21.1 Å². The summed E-state index contributed by atoms with van der Waals surface area (Å²) >= 11 is 0. The number of benzene rings is 1. The predicted molar refractivity (Wildman–Crippen MR) is 206 cm³/mol. The van der Waals surface area contributed by atoms with Gasteiger partial charge in [0.05, 0.1) is 11.9 Å². The second-order valence-corrected chi connectivity index (χ2v) is 14.9. The molecule has 49 heavy (non-hydrogen) atoms. The molecule has 4 N–H and O–H groups in total. The Balaban J connectivity index is 1.71. The summed E-state index contributed by atoms with van der Waals surface area (Å²) in [6, 6.07) is 6.17. The fourth-order valence-corrected chi connectivity index (χ4v) is 7.13. The van der Waals surface area contributed by atoms with Gasteiger partial charge in [0.25, 0.3) is 0 Å². The molecule has 1 aliphatic carbocycles. The molecule has 0 radical (unpaired) electrons. The minimum atomic E-state index is -0.851. The number of nitrogens with two attached hydrogens (primary N) is 1. The molecule has 2 heterocycles. The van der Waals surface area contributed by atoms with E-state index in [0.717, 1.165) is 48.4 Å². The monoisotopic (exact) mass is 668 g/mol. The number of aliphatic imine (C=N–C) groups is 2. The van der Waals surface area contributed by atoms with E-state index in [-0.39, 0.29) is 17.6 Å². The topological polar surface area (TPSA) is 98.7 Å². The molecule has 266 valence electrons. The van der Waals surface area contributed by atoms with E-state index in [4.69, 9.17) is 20.5 Å². The maximum atomic E-state index is 12.3. The number of fused-ring (bicyclic) bond motifs is 1. The largest absolute Gasteiger partial charge is 0.476 e. The van der Waals surface area contributed by atoms with Gasteiger partial charge in [-0.2, -0.15) is 0 Å². The van der Waals surface area contributed by atoms with Crippen LogP contribution in [0.3, 0.4) is 0 Å². The van der Waals surface area contributed by atoms with Crippen LogP contribution in [0.4, 0.5) is 0 Å². The average Bonchev–Trinajstić information content (AvgIpc) is 3.34. The molecule has 0 saturated carbocycles. The fraction of sp³-hybridized carbons (Fsp3) is 0.512. The van der Waals surface area contributed by atoms with Crippen molar-refractivity contribution in [3.8, 4) is 0 Å². The molecule has 0 spiro atoms. The smallest absolute Gasteiger partial charge is 0.210 e. The van der Waals surface area contributed by atoms with Gasteiger partial charge >= 0.3 is 0 Å². The highest BCUT2D eigenvalue weighted by atomic mass is 16.5. The van der Waals surface area contributed by atoms with Gasteiger partial charge in [-0.25, -0.2) is 4.99 Å². The van der Waals surface area contributed by atoms with E-state index in [1.165, 1.54) is 28.0 Å². The van der Waals surface area contributed by atoms with Gasteiger partial charge in [0.1, 0.15) is 19.0 Å². The number of ether oxygens (including phenoxy) is 1. The van der Waals surface area contributed by atoms with Gasteiger partial charge in [-0.3, -0.25) is 9.89 Å². The zero-order valence-electron chi connectivity index (χ0n) is 31.5. The van der Waals surface area contributed by atoms with Gasteiger partial charge < -0.3 is 25.8 Å². The minimum Gasteiger partial charge on any atom is -0.476 e. The van der Waals surface area contributed by atoms with Crippen molar-refractivity contribution in [1.82, 2.24) is 15.1 Å². The highest BCUT2D eigenvalue weighted by molar-refractivity contribution is 6.02. The van der Waals surface area contributed by atoms with Crippen molar-refractivity contribution in [3.63, 3.8) is 0 Å². The number of hydrogen-bond donors (Lipinski definition) is 3. The van der Waals surface area contributed by atoms with Crippen molar-refractivity contribution in [2.75, 3.05) is 19.7 Å². The fourth-order valence-electron chi connectivity index (χ4n) is 7.13. The molecular weight excluding hydrogens is 608 g/mol. The van der Waals surface area contributed by atoms with Crippen molar-refractivity contribution in [3.05, 3.63) is 100 Å². The van der Waals surface area contributed by atoms with E-state index in [1.807, 2.05) is 26.1 Å². The molecule has 0 bridgehead atoms. The second-order valence-electron chi connectivity index (χ2n) is 14.9. The summed E-state index contributed by atoms with van der Waals surface area (Å²) in [6.45, 7) is 22.9. The lowest BCUT2D eigenvalue weighted by atomic mass is 9.87. The van der Waals surface area contributed by atoms with E-state index in [0.29, 0.717) is 19.0 Å². The molecule has 0 amide bonds. The Labute approximate surface area is 295 Å². The Bertz CT molecular complexity index is 1560. The summed E-state index contributed by atoms with van der Waals surface area (Å²) in [5, 5.41) is 16.0. The van der Waals surface area contributed by atoms with Crippen LogP contribution in [0.15, 0.2) is 93.4 Å². The van der Waals surface area contributed by atoms with E-state index in [1.54, 1.807) is 0 Å². The maximum Gasteiger partial charge on any atom is 0.210 e. The third-order valence-electron chi connectivity index (χ3n) is 9.23. The maximum absolute atomic E-state index is 12.3. The molecule has 3 aliphatic rings. The lowest BCUT2D eigenvalue weighted by Gasteiger charge is -2.40. The Morgan fingerprint density at radius 1 is 1.22 bits per heavy atom. The summed E-state index contributed by atoms with van der Waals surface area (Å²) in [5.41, 5.74) is 16.1. The van der Waals surface area contributed by atoms with Crippen LogP contribution in [0.1, 0.15) is 91.3 Å². The second kappa shape index (κ2) is 16.8. The van der Waals surface area contributed by atoms with E-state index >= 15 is 0 Å². The SMILES string of the molecule is C/C=C\C1=CC(C(O)N(CC2=CN=C3C=C(C)N(CC)C3N2)C(COC(/C=C(\C)c2c(C)cccc2C)=N/C(C)N)CC(C)(C)C)=CCC1. The lowest BCUT2D eigenvalue weighted by molar-refractivity contribution is -0.0196. The Hall–Kier alpha value is -3.72. The molecule has 0 saturated heterocycles. The van der Waals surface area contributed by atoms with E-state index in [2.05, 4.69) is 119 Å². The number of aliphatic hydroxyl groups is 1. The molecule has 4 rings (SSSR count). The zero-order chi connectivity index (χ0) is 35.9. The number of hydrogen-bond acceptors (Lipinski definition) is 8. The first-order valence-corrected chi connectivity index (χ1v) is 17.9. The van der Waals surface area contributed by atoms with Gasteiger partial charge in [-0.05, 0) is 113 Å². The summed E-state index contributed by atoms with van der Waals surface area (Å²) in [5.74, 6) is 0.492. The molecular formula is C41H60N6O2. The van der Waals surface area contributed by atoms with Crippen molar-refractivity contribution in [1.29, 1.82) is 0 Å². The van der Waals surface area contributed by atoms with E-state index < -0.39 is 12.4 Å². The van der Waals surface area contributed by atoms with Crippen LogP contribution in [0.25, 0.3) is 5.57 Å². The first kappa shape index (κ1) is 38.1. The van der Waals surface area contributed by atoms with Crippen LogP contribution >= 0.6 is 0 Å². The van der Waals surface area contributed by atoms with Crippen LogP contribution in [-0.4, -0.2) is 70.8 Å². The average molecular weight is 669 g/mol. The molecule has 4 atom stereocenters. The summed E-state index contributed by atoms with van der Waals surface area (Å²) in [7, 11) is 0. The molecule has 2 aliphatic heterocycles. The molecule has 8 heteroatoms. The van der Waals surface area contributed by atoms with E-state index in [9.17, 15) is 5.11 Å². The third kappa shape index (κ3) is 10.2. The number of aliphatic hydroxyl groups excluding tert-OH is 1. The Kier molecular flexibility index (Phi) is 13.1. The number of nitrogens with zero attached hydrogens (tertiary/aromatic N) is 4. The van der Waals surface area contributed by atoms with Crippen LogP contribution in [0, 0.1) is 19.3 Å². The first-order chi connectivity index (χ1) is 23.2. The lowest BCUT2D eigenvalue weighted by Crippen LogP contribution is -2.53. The molecule has 0 aromatic heterocycles. The molecule has 1 aromatic rings. The highest BCUT2D eigenvalue weighted by Crippen LogP contribution is 2.31. The standard InChI is InChI=1S/C41H60N6O2/c1-11-15-32-18-14-19-33(22-32)40(48)47(25-34-24-43-36-21-30(6)46(12-2)39(36)45-34)35(23-41(8,9)10)26-49-37(44-31(7)42)20-29(5)38-27(3)16-13-17-28(38)4/h11,13,15-17,19-22,24,31,35,39-40,45,48H,12,14,18,23,25-26,42H2,1-10H3/b15-11-,29-20+,44-37+. The van der Waals surface area contributed by atoms with Crippen LogP contribution in [0.2, 0.25) is 0 Å². The predicted octanol–water partition coefficient (Wildman–Crippen LogP) is 7.53. The molecule has 8 nitrogen and oxygen atoms in total. The van der Waals surface area contributed by atoms with Gasteiger partial charge in [-0.1, -0.05) is 63.3 Å². The molecule has 1 aromatic carbocycles. The molecule has 0 fully saturated rings. The normalized spacial score (nSPS) is 20.6. The minimum absolute atomic E-state index is 0.0146. The van der Waals surface area contributed by atoms with Crippen molar-refractivity contribution >= 4 is 17.2 Å². The Morgan fingerprint density at radius 3 is 2.57 bits per heavy atom.